The van der Waals surface area contributed by atoms with E-state index in [-0.39, 0.29) is 14.8 Å². The number of sulfonamides is 2. The third kappa shape index (κ3) is 3.83. The van der Waals surface area contributed by atoms with Gasteiger partial charge in [0.15, 0.2) is 0 Å². The van der Waals surface area contributed by atoms with Crippen LogP contribution in [-0.2, 0) is 20.0 Å². The van der Waals surface area contributed by atoms with Crippen molar-refractivity contribution in [2.24, 2.45) is 5.14 Å². The van der Waals surface area contributed by atoms with Crippen LogP contribution in [0.3, 0.4) is 0 Å². The molecule has 2 aromatic rings. The summed E-state index contributed by atoms with van der Waals surface area (Å²) in [4.78, 5) is -0.161. The Kier molecular flexibility index (Phi) is 4.45. The topological polar surface area (TPSA) is 106 Å². The van der Waals surface area contributed by atoms with Crippen LogP contribution < -0.4 is 9.86 Å². The van der Waals surface area contributed by atoms with Gasteiger partial charge in [0, 0.05) is 0 Å². The van der Waals surface area contributed by atoms with E-state index in [4.69, 9.17) is 5.14 Å². The summed E-state index contributed by atoms with van der Waals surface area (Å²) in [7, 11) is -7.66. The number of rotatable bonds is 4. The summed E-state index contributed by atoms with van der Waals surface area (Å²) in [5, 5.41) is 5.01. The largest absolute Gasteiger partial charge is 0.279 e. The minimum Gasteiger partial charge on any atom is -0.279 e. The van der Waals surface area contributed by atoms with E-state index in [0.717, 1.165) is 20.7 Å². The van der Waals surface area contributed by atoms with E-state index in [1.807, 2.05) is 0 Å². The molecule has 10 heteroatoms. The Balaban J connectivity index is 2.37. The molecule has 0 aliphatic carbocycles. The molecule has 0 fully saturated rings. The van der Waals surface area contributed by atoms with Crippen LogP contribution in [0.15, 0.2) is 43.2 Å². The van der Waals surface area contributed by atoms with Crippen LogP contribution in [0.1, 0.15) is 5.56 Å². The van der Waals surface area contributed by atoms with Crippen molar-refractivity contribution in [2.45, 2.75) is 16.0 Å². The lowest BCUT2D eigenvalue weighted by molar-refractivity contribution is 0.596. The third-order valence-electron chi connectivity index (χ3n) is 2.51. The molecule has 0 spiro atoms. The second kappa shape index (κ2) is 5.69. The summed E-state index contributed by atoms with van der Waals surface area (Å²) in [6, 6.07) is 6.84. The van der Waals surface area contributed by atoms with Gasteiger partial charge in [-0.3, -0.25) is 4.72 Å². The highest BCUT2D eigenvalue weighted by Gasteiger charge is 2.19. The van der Waals surface area contributed by atoms with Crippen molar-refractivity contribution in [2.75, 3.05) is 4.72 Å². The van der Waals surface area contributed by atoms with Crippen LogP contribution in [0.4, 0.5) is 5.69 Å². The first kappa shape index (κ1) is 16.4. The molecule has 0 saturated carbocycles. The molecule has 0 aliphatic rings. The van der Waals surface area contributed by atoms with E-state index in [2.05, 4.69) is 20.7 Å². The predicted octanol–water partition coefficient (Wildman–Crippen LogP) is 2.27. The molecule has 21 heavy (non-hydrogen) atoms. The molecule has 0 unspecified atom stereocenters. The van der Waals surface area contributed by atoms with Gasteiger partial charge in [-0.05, 0) is 52.7 Å². The summed E-state index contributed by atoms with van der Waals surface area (Å²) in [6.45, 7) is 1.78. The first-order valence-corrected chi connectivity index (χ1v) is 10.1. The number of hydrogen-bond acceptors (Lipinski definition) is 5. The van der Waals surface area contributed by atoms with E-state index < -0.39 is 20.0 Å². The molecule has 3 N–H and O–H groups in total. The minimum atomic E-state index is -3.89. The van der Waals surface area contributed by atoms with Gasteiger partial charge in [0.1, 0.15) is 4.21 Å². The lowest BCUT2D eigenvalue weighted by Gasteiger charge is -2.07. The summed E-state index contributed by atoms with van der Waals surface area (Å²) in [5.41, 5.74) is 0.933. The van der Waals surface area contributed by atoms with Crippen LogP contribution in [0.5, 0.6) is 0 Å². The lowest BCUT2D eigenvalue weighted by Crippen LogP contribution is -2.14. The molecule has 2 rings (SSSR count). The van der Waals surface area contributed by atoms with Gasteiger partial charge in [0.25, 0.3) is 10.0 Å². The molecular weight excluding hydrogens is 400 g/mol. The number of aryl methyl sites for hydroxylation is 1. The van der Waals surface area contributed by atoms with Crippen molar-refractivity contribution in [3.63, 3.8) is 0 Å². The zero-order chi connectivity index (χ0) is 15.8. The van der Waals surface area contributed by atoms with Gasteiger partial charge in [-0.25, -0.2) is 22.0 Å². The van der Waals surface area contributed by atoms with Gasteiger partial charge in [-0.15, -0.1) is 11.3 Å². The second-order valence-electron chi connectivity index (χ2n) is 4.20. The molecule has 1 aromatic heterocycles. The van der Waals surface area contributed by atoms with Gasteiger partial charge in [-0.1, -0.05) is 6.07 Å². The van der Waals surface area contributed by atoms with Crippen LogP contribution in [0.2, 0.25) is 0 Å². The average Bonchev–Trinajstić information content (AvgIpc) is 2.69. The Morgan fingerprint density at radius 1 is 1.19 bits per heavy atom. The number of halogens is 1. The van der Waals surface area contributed by atoms with Crippen molar-refractivity contribution in [1.82, 2.24) is 0 Å². The molecule has 0 bridgehead atoms. The monoisotopic (exact) mass is 410 g/mol. The number of nitrogens with one attached hydrogen (secondary N) is 1. The second-order valence-corrected chi connectivity index (χ2v) is 10.0. The van der Waals surface area contributed by atoms with Crippen LogP contribution in [0, 0.1) is 6.92 Å². The van der Waals surface area contributed by atoms with E-state index in [1.54, 1.807) is 6.92 Å². The van der Waals surface area contributed by atoms with Gasteiger partial charge in [-0.2, -0.15) is 0 Å². The summed E-state index contributed by atoms with van der Waals surface area (Å²) < 4.78 is 50.2. The summed E-state index contributed by atoms with van der Waals surface area (Å²) >= 11 is 4.34. The maximum atomic E-state index is 12.2. The minimum absolute atomic E-state index is 0.128. The molecule has 6 nitrogen and oxygen atoms in total. The molecule has 114 valence electrons. The van der Waals surface area contributed by atoms with E-state index >= 15 is 0 Å². The van der Waals surface area contributed by atoms with Gasteiger partial charge in [0.2, 0.25) is 10.0 Å². The summed E-state index contributed by atoms with van der Waals surface area (Å²) in [5.74, 6) is 0. The quantitative estimate of drug-likeness (QED) is 0.805. The van der Waals surface area contributed by atoms with E-state index in [1.165, 1.54) is 30.3 Å². The Morgan fingerprint density at radius 2 is 1.86 bits per heavy atom. The van der Waals surface area contributed by atoms with Gasteiger partial charge in [0.05, 0.1) is 14.4 Å². The number of benzene rings is 1. The fourth-order valence-electron chi connectivity index (χ4n) is 1.51. The van der Waals surface area contributed by atoms with Gasteiger partial charge < -0.3 is 0 Å². The molecule has 1 heterocycles. The maximum Gasteiger partial charge on any atom is 0.271 e. The van der Waals surface area contributed by atoms with Crippen molar-refractivity contribution < 1.29 is 16.8 Å². The Labute approximate surface area is 135 Å². The van der Waals surface area contributed by atoms with Crippen LogP contribution >= 0.6 is 27.3 Å². The SMILES string of the molecule is Cc1cc(S(=O)(=O)Nc2cccc(S(N)(=O)=O)c2)sc1Br. The van der Waals surface area contributed by atoms with Crippen LogP contribution in [0.25, 0.3) is 0 Å². The molecule has 1 aromatic carbocycles. The molecule has 0 saturated heterocycles. The number of anilines is 1. The van der Waals surface area contributed by atoms with Crippen molar-refractivity contribution in [3.05, 3.63) is 39.7 Å². The van der Waals surface area contributed by atoms with Gasteiger partial charge >= 0.3 is 0 Å². The van der Waals surface area contributed by atoms with Crippen molar-refractivity contribution in [1.29, 1.82) is 0 Å². The number of primary sulfonamides is 1. The number of hydrogen-bond donors (Lipinski definition) is 2. The predicted molar refractivity (Wildman–Crippen MR) is 85.4 cm³/mol. The highest BCUT2D eigenvalue weighted by atomic mass is 79.9. The molecule has 0 amide bonds. The van der Waals surface area contributed by atoms with Crippen molar-refractivity contribution in [3.8, 4) is 0 Å². The molecule has 0 radical (unpaired) electrons. The lowest BCUT2D eigenvalue weighted by atomic mass is 10.3. The maximum absolute atomic E-state index is 12.2. The average molecular weight is 411 g/mol. The molecule has 0 atom stereocenters. The van der Waals surface area contributed by atoms with Crippen molar-refractivity contribution >= 4 is 53.0 Å². The number of thiophene rings is 1. The highest BCUT2D eigenvalue weighted by Crippen LogP contribution is 2.31. The van der Waals surface area contributed by atoms with E-state index in [9.17, 15) is 16.8 Å². The molecular formula is C11H11BrN2O4S3. The fourth-order valence-corrected chi connectivity index (χ4v) is 5.34. The van der Waals surface area contributed by atoms with E-state index in [0.29, 0.717) is 0 Å². The smallest absolute Gasteiger partial charge is 0.271 e. The Bertz CT molecular complexity index is 868. The molecule has 0 aliphatic heterocycles. The summed E-state index contributed by atoms with van der Waals surface area (Å²) in [6.07, 6.45) is 0. The Morgan fingerprint density at radius 3 is 2.38 bits per heavy atom. The normalized spacial score (nSPS) is 12.3. The first-order valence-electron chi connectivity index (χ1n) is 5.51. The zero-order valence-corrected chi connectivity index (χ0v) is 14.7. The third-order valence-corrected chi connectivity index (χ3v) is 7.42. The zero-order valence-electron chi connectivity index (χ0n) is 10.7. The Hall–Kier alpha value is -0.940. The standard InChI is InChI=1S/C11H11BrN2O4S3/c1-7-5-10(19-11(7)12)21(17,18)14-8-3-2-4-9(6-8)20(13,15)16/h2-6,14H,1H3,(H2,13,15,16). The fraction of sp³-hybridized carbons (Fsp3) is 0.0909. The number of nitrogens with two attached hydrogens (primary N) is 1. The van der Waals surface area contributed by atoms with Crippen LogP contribution in [-0.4, -0.2) is 16.8 Å². The first-order chi connectivity index (χ1) is 9.59. The highest BCUT2D eigenvalue weighted by molar-refractivity contribution is 9.11.